The minimum Gasteiger partial charge on any atom is -0.478 e. The number of fused-ring (bicyclic) bond motifs is 1. The Balaban J connectivity index is 2.33. The molecule has 0 aliphatic rings. The van der Waals surface area contributed by atoms with Crippen molar-refractivity contribution in [2.24, 2.45) is 5.92 Å². The van der Waals surface area contributed by atoms with Crippen LogP contribution >= 0.6 is 0 Å². The number of pyridine rings is 1. The first-order chi connectivity index (χ1) is 9.52. The van der Waals surface area contributed by atoms with Crippen LogP contribution in [-0.4, -0.2) is 33.8 Å². The van der Waals surface area contributed by atoms with E-state index in [2.05, 4.69) is 10.3 Å². The summed E-state index contributed by atoms with van der Waals surface area (Å²) in [5, 5.41) is 22.1. The topological polar surface area (TPSA) is 82.5 Å². The zero-order valence-corrected chi connectivity index (χ0v) is 11.5. The first kappa shape index (κ1) is 14.3. The highest BCUT2D eigenvalue weighted by molar-refractivity contribution is 6.02. The van der Waals surface area contributed by atoms with Crippen LogP contribution in [0.1, 0.15) is 24.2 Å². The summed E-state index contributed by atoms with van der Waals surface area (Å²) in [6.45, 7) is 4.02. The third-order valence-corrected chi connectivity index (χ3v) is 3.48. The molecule has 0 bridgehead atoms. The number of carbonyl (C=O) groups is 1. The van der Waals surface area contributed by atoms with Gasteiger partial charge < -0.3 is 15.5 Å². The molecule has 0 aliphatic heterocycles. The molecule has 0 radical (unpaired) electrons. The molecule has 0 fully saturated rings. The minimum atomic E-state index is -0.958. The Bertz CT molecular complexity index is 628. The van der Waals surface area contributed by atoms with Crippen molar-refractivity contribution in [3.63, 3.8) is 0 Å². The fraction of sp³-hybridized carbons (Fsp3) is 0.333. The van der Waals surface area contributed by atoms with Gasteiger partial charge in [-0.3, -0.25) is 0 Å². The van der Waals surface area contributed by atoms with E-state index in [4.69, 9.17) is 10.2 Å². The van der Waals surface area contributed by atoms with E-state index in [9.17, 15) is 4.79 Å². The Hall–Kier alpha value is -2.14. The summed E-state index contributed by atoms with van der Waals surface area (Å²) in [5.74, 6) is -0.175. The summed E-state index contributed by atoms with van der Waals surface area (Å²) in [5.41, 5.74) is 0.886. The summed E-state index contributed by atoms with van der Waals surface area (Å²) >= 11 is 0. The van der Waals surface area contributed by atoms with Crippen molar-refractivity contribution in [3.05, 3.63) is 35.9 Å². The van der Waals surface area contributed by atoms with Crippen LogP contribution in [-0.2, 0) is 0 Å². The lowest BCUT2D eigenvalue weighted by Crippen LogP contribution is -2.26. The highest BCUT2D eigenvalue weighted by Gasteiger charge is 2.13. The maximum absolute atomic E-state index is 11.1. The van der Waals surface area contributed by atoms with Gasteiger partial charge in [-0.25, -0.2) is 9.78 Å². The molecule has 20 heavy (non-hydrogen) atoms. The Morgan fingerprint density at radius 2 is 2.05 bits per heavy atom. The van der Waals surface area contributed by atoms with E-state index in [0.717, 1.165) is 0 Å². The average Bonchev–Trinajstić information content (AvgIpc) is 2.45. The average molecular weight is 274 g/mol. The van der Waals surface area contributed by atoms with Gasteiger partial charge in [-0.05, 0) is 37.1 Å². The van der Waals surface area contributed by atoms with Crippen LogP contribution in [0.4, 0.5) is 5.82 Å². The molecule has 2 atom stereocenters. The van der Waals surface area contributed by atoms with Crippen LogP contribution in [0.5, 0.6) is 0 Å². The van der Waals surface area contributed by atoms with Crippen molar-refractivity contribution in [3.8, 4) is 0 Å². The molecule has 0 amide bonds. The van der Waals surface area contributed by atoms with Gasteiger partial charge in [0.1, 0.15) is 5.82 Å². The number of aliphatic hydroxyl groups is 1. The number of aliphatic hydroxyl groups excluding tert-OH is 1. The number of nitrogens with zero attached hydrogens (tertiary/aromatic N) is 1. The molecular formula is C15H18N2O3. The van der Waals surface area contributed by atoms with Crippen molar-refractivity contribution >= 4 is 22.7 Å². The van der Waals surface area contributed by atoms with Gasteiger partial charge >= 0.3 is 5.97 Å². The van der Waals surface area contributed by atoms with Crippen molar-refractivity contribution in [2.75, 3.05) is 11.9 Å². The van der Waals surface area contributed by atoms with Crippen LogP contribution in [0.3, 0.4) is 0 Å². The predicted molar refractivity (Wildman–Crippen MR) is 78.0 cm³/mol. The number of hydrogen-bond acceptors (Lipinski definition) is 4. The van der Waals surface area contributed by atoms with Gasteiger partial charge in [0, 0.05) is 18.0 Å². The molecule has 2 aromatic rings. The van der Waals surface area contributed by atoms with Gasteiger partial charge in [-0.15, -0.1) is 0 Å². The number of carboxylic acids is 1. The molecule has 0 aliphatic carbocycles. The quantitative estimate of drug-likeness (QED) is 0.779. The first-order valence-corrected chi connectivity index (χ1v) is 6.53. The third kappa shape index (κ3) is 2.88. The van der Waals surface area contributed by atoms with Gasteiger partial charge in [0.25, 0.3) is 0 Å². The maximum Gasteiger partial charge on any atom is 0.336 e. The fourth-order valence-electron chi connectivity index (χ4n) is 1.96. The molecule has 5 nitrogen and oxygen atoms in total. The van der Waals surface area contributed by atoms with Gasteiger partial charge in [0.2, 0.25) is 0 Å². The Morgan fingerprint density at radius 3 is 2.70 bits per heavy atom. The van der Waals surface area contributed by atoms with Crippen LogP contribution in [0.2, 0.25) is 0 Å². The van der Waals surface area contributed by atoms with E-state index < -0.39 is 5.97 Å². The van der Waals surface area contributed by atoms with Crippen molar-refractivity contribution in [2.45, 2.75) is 19.9 Å². The molecule has 106 valence electrons. The lowest BCUT2D eigenvalue weighted by molar-refractivity contribution is 0.0699. The van der Waals surface area contributed by atoms with E-state index in [1.165, 1.54) is 0 Å². The summed E-state index contributed by atoms with van der Waals surface area (Å²) in [6, 6.07) is 8.62. The van der Waals surface area contributed by atoms with Crippen LogP contribution in [0.15, 0.2) is 30.3 Å². The van der Waals surface area contributed by atoms with Gasteiger partial charge in [0.15, 0.2) is 0 Å². The standard InChI is InChI=1S/C15H18N2O3/c1-9(8-18)10(2)16-14-7-6-11-12(15(19)20)4-3-5-13(11)17-14/h3-7,9-10,18H,8H2,1-2H3,(H,16,17)(H,19,20). The summed E-state index contributed by atoms with van der Waals surface area (Å²) in [7, 11) is 0. The summed E-state index contributed by atoms with van der Waals surface area (Å²) in [6.07, 6.45) is 0. The van der Waals surface area contributed by atoms with Crippen molar-refractivity contribution < 1.29 is 15.0 Å². The number of aromatic nitrogens is 1. The molecule has 5 heteroatoms. The molecule has 3 N–H and O–H groups in total. The van der Waals surface area contributed by atoms with Crippen LogP contribution in [0, 0.1) is 5.92 Å². The van der Waals surface area contributed by atoms with E-state index in [1.807, 2.05) is 13.8 Å². The number of carboxylic acid groups (broad SMARTS) is 1. The van der Waals surface area contributed by atoms with Crippen molar-refractivity contribution in [1.29, 1.82) is 0 Å². The normalized spacial score (nSPS) is 13.9. The predicted octanol–water partition coefficient (Wildman–Crippen LogP) is 2.36. The molecule has 0 spiro atoms. The summed E-state index contributed by atoms with van der Waals surface area (Å²) < 4.78 is 0. The number of rotatable bonds is 5. The fourth-order valence-corrected chi connectivity index (χ4v) is 1.96. The Kier molecular flexibility index (Phi) is 4.20. The highest BCUT2D eigenvalue weighted by atomic mass is 16.4. The van der Waals surface area contributed by atoms with Gasteiger partial charge in [-0.1, -0.05) is 13.0 Å². The van der Waals surface area contributed by atoms with Gasteiger partial charge in [-0.2, -0.15) is 0 Å². The molecule has 0 saturated carbocycles. The van der Waals surface area contributed by atoms with E-state index in [1.54, 1.807) is 30.3 Å². The molecule has 1 heterocycles. The number of anilines is 1. The smallest absolute Gasteiger partial charge is 0.336 e. The summed E-state index contributed by atoms with van der Waals surface area (Å²) in [4.78, 5) is 15.6. The lowest BCUT2D eigenvalue weighted by Gasteiger charge is -2.20. The van der Waals surface area contributed by atoms with E-state index in [0.29, 0.717) is 16.7 Å². The van der Waals surface area contributed by atoms with Crippen LogP contribution < -0.4 is 5.32 Å². The second kappa shape index (κ2) is 5.88. The number of nitrogens with one attached hydrogen (secondary N) is 1. The molecule has 2 unspecified atom stereocenters. The monoisotopic (exact) mass is 274 g/mol. The zero-order valence-electron chi connectivity index (χ0n) is 11.5. The van der Waals surface area contributed by atoms with Gasteiger partial charge in [0.05, 0.1) is 11.1 Å². The third-order valence-electron chi connectivity index (χ3n) is 3.48. The molecule has 2 rings (SSSR count). The Labute approximate surface area is 117 Å². The van der Waals surface area contributed by atoms with Crippen molar-refractivity contribution in [1.82, 2.24) is 4.98 Å². The first-order valence-electron chi connectivity index (χ1n) is 6.53. The molecule has 0 saturated heterocycles. The second-order valence-electron chi connectivity index (χ2n) is 4.97. The maximum atomic E-state index is 11.1. The largest absolute Gasteiger partial charge is 0.478 e. The van der Waals surface area contributed by atoms with E-state index >= 15 is 0 Å². The second-order valence-corrected chi connectivity index (χ2v) is 4.97. The number of benzene rings is 1. The molecule has 1 aromatic heterocycles. The van der Waals surface area contributed by atoms with Crippen LogP contribution in [0.25, 0.3) is 10.9 Å². The SMILES string of the molecule is CC(CO)C(C)Nc1ccc2c(C(=O)O)cccc2n1. The highest BCUT2D eigenvalue weighted by Crippen LogP contribution is 2.20. The lowest BCUT2D eigenvalue weighted by atomic mass is 10.1. The Morgan fingerprint density at radius 1 is 1.30 bits per heavy atom. The van der Waals surface area contributed by atoms with E-state index in [-0.39, 0.29) is 24.1 Å². The minimum absolute atomic E-state index is 0.0765. The zero-order chi connectivity index (χ0) is 14.7. The molecular weight excluding hydrogens is 256 g/mol. The number of aromatic carboxylic acids is 1. The number of hydrogen-bond donors (Lipinski definition) is 3. The molecule has 1 aromatic carbocycles.